The Morgan fingerprint density at radius 2 is 2.20 bits per heavy atom. The summed E-state index contributed by atoms with van der Waals surface area (Å²) in [4.78, 5) is 0. The predicted molar refractivity (Wildman–Crippen MR) is 60.4 cm³/mol. The van der Waals surface area contributed by atoms with Crippen LogP contribution in [0.15, 0.2) is 6.20 Å². The number of nitrogens with zero attached hydrogens (tertiary/aromatic N) is 2. The molecule has 82 valence electrons. The summed E-state index contributed by atoms with van der Waals surface area (Å²) < 4.78 is 1.94. The molecule has 1 N–H and O–H groups in total. The van der Waals surface area contributed by atoms with Crippen molar-refractivity contribution in [1.82, 2.24) is 9.78 Å². The summed E-state index contributed by atoms with van der Waals surface area (Å²) in [5, 5.41) is 13.7. The molecule has 0 aliphatic carbocycles. The zero-order valence-corrected chi connectivity index (χ0v) is 9.83. The van der Waals surface area contributed by atoms with Crippen LogP contribution in [0.5, 0.6) is 0 Å². The van der Waals surface area contributed by atoms with E-state index in [1.807, 2.05) is 11.6 Å². The van der Waals surface area contributed by atoms with Gasteiger partial charge >= 0.3 is 0 Å². The van der Waals surface area contributed by atoms with Gasteiger partial charge in [0.25, 0.3) is 0 Å². The number of aryl methyl sites for hydroxylation is 1. The van der Waals surface area contributed by atoms with E-state index >= 15 is 0 Å². The lowest BCUT2D eigenvalue weighted by Gasteiger charge is -2.05. The summed E-state index contributed by atoms with van der Waals surface area (Å²) in [6.07, 6.45) is 2.81. The molecule has 1 heterocycles. The van der Waals surface area contributed by atoms with Crippen LogP contribution < -0.4 is 0 Å². The number of aromatic nitrogens is 2. The minimum Gasteiger partial charge on any atom is -0.378 e. The Morgan fingerprint density at radius 3 is 2.73 bits per heavy atom. The van der Waals surface area contributed by atoms with Crippen molar-refractivity contribution in [1.29, 1.82) is 0 Å². The molecule has 1 aromatic heterocycles. The maximum atomic E-state index is 9.48. The fourth-order valence-corrected chi connectivity index (χ4v) is 1.23. The molecule has 0 bridgehead atoms. The first kappa shape index (κ1) is 11.8. The zero-order valence-electron chi connectivity index (χ0n) is 9.83. The van der Waals surface area contributed by atoms with Crippen molar-refractivity contribution in [3.63, 3.8) is 0 Å². The van der Waals surface area contributed by atoms with Gasteiger partial charge in [0, 0.05) is 6.54 Å². The topological polar surface area (TPSA) is 38.0 Å². The first-order chi connectivity index (χ1) is 6.94. The van der Waals surface area contributed by atoms with E-state index in [0.29, 0.717) is 0 Å². The Hall–Kier alpha value is -1.27. The van der Waals surface area contributed by atoms with Crippen LogP contribution in [0.1, 0.15) is 38.4 Å². The third-order valence-corrected chi connectivity index (χ3v) is 2.04. The Morgan fingerprint density at radius 1 is 1.53 bits per heavy atom. The standard InChI is InChI=1S/C12H18N2O/c1-5-8-14-10(2)11(9-13-14)6-7-12(3,4)15/h9,15H,5,8H2,1-4H3. The van der Waals surface area contributed by atoms with Gasteiger partial charge in [-0.25, -0.2) is 0 Å². The minimum absolute atomic E-state index is 0.894. The smallest absolute Gasteiger partial charge is 0.120 e. The maximum absolute atomic E-state index is 9.48. The highest BCUT2D eigenvalue weighted by Crippen LogP contribution is 2.07. The molecule has 3 nitrogen and oxygen atoms in total. The third kappa shape index (κ3) is 3.41. The van der Waals surface area contributed by atoms with E-state index in [4.69, 9.17) is 0 Å². The van der Waals surface area contributed by atoms with Gasteiger partial charge in [-0.05, 0) is 27.2 Å². The molecule has 0 aliphatic rings. The van der Waals surface area contributed by atoms with E-state index < -0.39 is 5.60 Å². The molecule has 0 spiro atoms. The summed E-state index contributed by atoms with van der Waals surface area (Å²) in [7, 11) is 0. The predicted octanol–water partition coefficient (Wildman–Crippen LogP) is 1.72. The average molecular weight is 206 g/mol. The number of hydrogen-bond acceptors (Lipinski definition) is 2. The summed E-state index contributed by atoms with van der Waals surface area (Å²) in [5.74, 6) is 5.73. The van der Waals surface area contributed by atoms with Gasteiger partial charge in [-0.1, -0.05) is 18.8 Å². The van der Waals surface area contributed by atoms with Crippen LogP contribution in [-0.4, -0.2) is 20.5 Å². The lowest BCUT2D eigenvalue weighted by atomic mass is 10.1. The van der Waals surface area contributed by atoms with E-state index in [2.05, 4.69) is 23.9 Å². The van der Waals surface area contributed by atoms with Gasteiger partial charge < -0.3 is 5.11 Å². The van der Waals surface area contributed by atoms with Gasteiger partial charge in [0.1, 0.15) is 5.60 Å². The zero-order chi connectivity index (χ0) is 11.5. The minimum atomic E-state index is -0.945. The molecule has 0 aliphatic heterocycles. The van der Waals surface area contributed by atoms with Crippen LogP contribution in [0.3, 0.4) is 0 Å². The maximum Gasteiger partial charge on any atom is 0.120 e. The van der Waals surface area contributed by atoms with Crippen LogP contribution in [0.4, 0.5) is 0 Å². The second-order valence-electron chi connectivity index (χ2n) is 4.18. The van der Waals surface area contributed by atoms with Crippen LogP contribution in [0, 0.1) is 18.8 Å². The monoisotopic (exact) mass is 206 g/mol. The Bertz CT molecular complexity index is 388. The molecule has 0 unspecified atom stereocenters. The van der Waals surface area contributed by atoms with E-state index in [1.165, 1.54) is 0 Å². The van der Waals surface area contributed by atoms with E-state index in [0.717, 1.165) is 24.2 Å². The molecule has 1 rings (SSSR count). The van der Waals surface area contributed by atoms with Crippen LogP contribution >= 0.6 is 0 Å². The number of aliphatic hydroxyl groups is 1. The second kappa shape index (κ2) is 4.50. The highest BCUT2D eigenvalue weighted by Gasteiger charge is 2.07. The first-order valence-corrected chi connectivity index (χ1v) is 5.22. The molecule has 1 aromatic rings. The van der Waals surface area contributed by atoms with Crippen LogP contribution in [0.2, 0.25) is 0 Å². The molecule has 0 fully saturated rings. The number of hydrogen-bond donors (Lipinski definition) is 1. The van der Waals surface area contributed by atoms with Gasteiger partial charge in [-0.2, -0.15) is 5.10 Å². The molecule has 0 atom stereocenters. The van der Waals surface area contributed by atoms with E-state index in [1.54, 1.807) is 20.0 Å². The van der Waals surface area contributed by atoms with Gasteiger partial charge in [0.2, 0.25) is 0 Å². The first-order valence-electron chi connectivity index (χ1n) is 5.22. The lowest BCUT2D eigenvalue weighted by molar-refractivity contribution is 0.143. The fraction of sp³-hybridized carbons (Fsp3) is 0.583. The Balaban J connectivity index is 2.91. The van der Waals surface area contributed by atoms with Crippen molar-refractivity contribution >= 4 is 0 Å². The third-order valence-electron chi connectivity index (χ3n) is 2.04. The summed E-state index contributed by atoms with van der Waals surface area (Å²) >= 11 is 0. The van der Waals surface area contributed by atoms with E-state index in [9.17, 15) is 5.11 Å². The van der Waals surface area contributed by atoms with Crippen molar-refractivity contribution in [2.24, 2.45) is 0 Å². The highest BCUT2D eigenvalue weighted by molar-refractivity contribution is 5.37. The molecule has 0 radical (unpaired) electrons. The lowest BCUT2D eigenvalue weighted by Crippen LogP contribution is -2.14. The fourth-order valence-electron chi connectivity index (χ4n) is 1.23. The van der Waals surface area contributed by atoms with Crippen molar-refractivity contribution in [3.05, 3.63) is 17.5 Å². The summed E-state index contributed by atoms with van der Waals surface area (Å²) in [6, 6.07) is 0. The molecule has 0 saturated carbocycles. The second-order valence-corrected chi connectivity index (χ2v) is 4.18. The summed E-state index contributed by atoms with van der Waals surface area (Å²) in [6.45, 7) is 8.37. The van der Waals surface area contributed by atoms with Crippen molar-refractivity contribution in [2.45, 2.75) is 46.3 Å². The molecule has 3 heteroatoms. The largest absolute Gasteiger partial charge is 0.378 e. The van der Waals surface area contributed by atoms with Gasteiger partial charge in [0.05, 0.1) is 17.5 Å². The number of rotatable bonds is 2. The molecular weight excluding hydrogens is 188 g/mol. The quantitative estimate of drug-likeness (QED) is 0.748. The molecule has 0 amide bonds. The van der Waals surface area contributed by atoms with Crippen LogP contribution in [0.25, 0.3) is 0 Å². The van der Waals surface area contributed by atoms with E-state index in [-0.39, 0.29) is 0 Å². The van der Waals surface area contributed by atoms with Gasteiger partial charge in [-0.3, -0.25) is 4.68 Å². The van der Waals surface area contributed by atoms with Gasteiger partial charge in [0.15, 0.2) is 0 Å². The van der Waals surface area contributed by atoms with Crippen LogP contribution in [-0.2, 0) is 6.54 Å². The Labute approximate surface area is 91.1 Å². The van der Waals surface area contributed by atoms with Crippen molar-refractivity contribution in [3.8, 4) is 11.8 Å². The van der Waals surface area contributed by atoms with Gasteiger partial charge in [-0.15, -0.1) is 0 Å². The SMILES string of the molecule is CCCn1ncc(C#CC(C)(C)O)c1C. The van der Waals surface area contributed by atoms with Crippen molar-refractivity contribution in [2.75, 3.05) is 0 Å². The molecule has 0 aromatic carbocycles. The summed E-state index contributed by atoms with van der Waals surface area (Å²) in [5.41, 5.74) is 1.01. The highest BCUT2D eigenvalue weighted by atomic mass is 16.3. The normalized spacial score (nSPS) is 11.0. The Kier molecular flexibility index (Phi) is 3.54. The average Bonchev–Trinajstić information content (AvgIpc) is 2.45. The molecule has 0 saturated heterocycles. The molecular formula is C12H18N2O. The van der Waals surface area contributed by atoms with Crippen molar-refractivity contribution < 1.29 is 5.11 Å². The molecule has 15 heavy (non-hydrogen) atoms.